The zero-order valence-corrected chi connectivity index (χ0v) is 9.04. The summed E-state index contributed by atoms with van der Waals surface area (Å²) in [5.74, 6) is -3.29. The molecule has 0 aliphatic carbocycles. The van der Waals surface area contributed by atoms with Crippen LogP contribution in [0.3, 0.4) is 0 Å². The van der Waals surface area contributed by atoms with Crippen LogP contribution < -0.4 is 5.32 Å². The zero-order chi connectivity index (χ0) is 13.0. The topological polar surface area (TPSA) is 12.0 Å². The van der Waals surface area contributed by atoms with Gasteiger partial charge in [0, 0.05) is 6.04 Å². The summed E-state index contributed by atoms with van der Waals surface area (Å²) in [6.07, 6.45) is -10.4. The van der Waals surface area contributed by atoms with Crippen LogP contribution in [0.2, 0.25) is 0 Å². The second-order valence-electron chi connectivity index (χ2n) is 3.51. The van der Waals surface area contributed by atoms with E-state index in [1.165, 1.54) is 6.92 Å². The van der Waals surface area contributed by atoms with Crippen molar-refractivity contribution in [3.63, 3.8) is 0 Å². The van der Waals surface area contributed by atoms with Crippen LogP contribution in [0.4, 0.5) is 26.3 Å². The monoisotopic (exact) mass is 251 g/mol. The minimum atomic E-state index is -5.26. The Morgan fingerprint density at radius 2 is 1.38 bits per heavy atom. The standard InChI is InChI=1S/C9H15F6N/c1-3-5-6(16-4-2)7(8(10,11)12)9(13,14)15/h6-7,16H,3-5H2,1-2H3. The lowest BCUT2D eigenvalue weighted by Gasteiger charge is -2.31. The normalized spacial score (nSPS) is 15.6. The molecule has 0 bridgehead atoms. The maximum Gasteiger partial charge on any atom is 0.401 e. The second-order valence-corrected chi connectivity index (χ2v) is 3.51. The summed E-state index contributed by atoms with van der Waals surface area (Å²) in [6.45, 7) is 3.11. The first-order valence-corrected chi connectivity index (χ1v) is 5.01. The molecule has 16 heavy (non-hydrogen) atoms. The molecule has 0 aliphatic heterocycles. The van der Waals surface area contributed by atoms with Crippen LogP contribution in [0, 0.1) is 5.92 Å². The summed E-state index contributed by atoms with van der Waals surface area (Å²) in [5, 5.41) is 2.26. The first-order chi connectivity index (χ1) is 7.14. The van der Waals surface area contributed by atoms with Crippen molar-refractivity contribution in [1.29, 1.82) is 0 Å². The summed E-state index contributed by atoms with van der Waals surface area (Å²) in [5.41, 5.74) is 0. The quantitative estimate of drug-likeness (QED) is 0.737. The van der Waals surface area contributed by atoms with Gasteiger partial charge in [-0.15, -0.1) is 0 Å². The highest BCUT2D eigenvalue weighted by atomic mass is 19.4. The number of hydrogen-bond acceptors (Lipinski definition) is 1. The van der Waals surface area contributed by atoms with Crippen molar-refractivity contribution in [1.82, 2.24) is 5.32 Å². The van der Waals surface area contributed by atoms with Crippen LogP contribution in [-0.2, 0) is 0 Å². The van der Waals surface area contributed by atoms with Crippen molar-refractivity contribution in [2.24, 2.45) is 5.92 Å². The molecule has 0 saturated carbocycles. The van der Waals surface area contributed by atoms with E-state index in [0.717, 1.165) is 0 Å². The van der Waals surface area contributed by atoms with Crippen molar-refractivity contribution < 1.29 is 26.3 Å². The largest absolute Gasteiger partial charge is 0.401 e. The predicted molar refractivity (Wildman–Crippen MR) is 48.0 cm³/mol. The summed E-state index contributed by atoms with van der Waals surface area (Å²) in [4.78, 5) is 0. The third kappa shape index (κ3) is 4.59. The van der Waals surface area contributed by atoms with Gasteiger partial charge in [-0.3, -0.25) is 0 Å². The van der Waals surface area contributed by atoms with E-state index in [2.05, 4.69) is 5.32 Å². The molecular weight excluding hydrogens is 236 g/mol. The van der Waals surface area contributed by atoms with Gasteiger partial charge in [0.1, 0.15) is 0 Å². The number of alkyl halides is 6. The van der Waals surface area contributed by atoms with E-state index in [1.807, 2.05) is 0 Å². The maximum absolute atomic E-state index is 12.4. The van der Waals surface area contributed by atoms with Gasteiger partial charge in [-0.1, -0.05) is 20.3 Å². The van der Waals surface area contributed by atoms with E-state index >= 15 is 0 Å². The average Bonchev–Trinajstić information content (AvgIpc) is 1.99. The van der Waals surface area contributed by atoms with Gasteiger partial charge in [0.15, 0.2) is 5.92 Å². The van der Waals surface area contributed by atoms with Crippen LogP contribution in [0.15, 0.2) is 0 Å². The van der Waals surface area contributed by atoms with Gasteiger partial charge in [0.2, 0.25) is 0 Å². The Hall–Kier alpha value is -0.460. The van der Waals surface area contributed by atoms with E-state index in [1.54, 1.807) is 6.92 Å². The van der Waals surface area contributed by atoms with Gasteiger partial charge in [0.05, 0.1) is 0 Å². The first kappa shape index (κ1) is 15.5. The van der Waals surface area contributed by atoms with Gasteiger partial charge >= 0.3 is 12.4 Å². The van der Waals surface area contributed by atoms with Crippen molar-refractivity contribution in [2.75, 3.05) is 6.54 Å². The zero-order valence-electron chi connectivity index (χ0n) is 9.04. The van der Waals surface area contributed by atoms with E-state index in [4.69, 9.17) is 0 Å². The molecule has 0 aromatic rings. The lowest BCUT2D eigenvalue weighted by Crippen LogP contribution is -2.50. The highest BCUT2D eigenvalue weighted by Gasteiger charge is 2.59. The van der Waals surface area contributed by atoms with E-state index < -0.39 is 24.3 Å². The lowest BCUT2D eigenvalue weighted by atomic mass is 9.94. The number of nitrogens with one attached hydrogen (secondary N) is 1. The second kappa shape index (κ2) is 5.75. The Kier molecular flexibility index (Phi) is 5.58. The Morgan fingerprint density at radius 1 is 0.938 bits per heavy atom. The fourth-order valence-corrected chi connectivity index (χ4v) is 1.60. The minimum absolute atomic E-state index is 0.0767. The smallest absolute Gasteiger partial charge is 0.313 e. The average molecular weight is 251 g/mol. The molecule has 0 heterocycles. The number of hydrogen-bond donors (Lipinski definition) is 1. The fraction of sp³-hybridized carbons (Fsp3) is 1.00. The highest BCUT2D eigenvalue weighted by molar-refractivity contribution is 4.86. The molecule has 7 heteroatoms. The van der Waals surface area contributed by atoms with Gasteiger partial charge in [-0.25, -0.2) is 0 Å². The molecule has 0 rings (SSSR count). The molecule has 0 fully saturated rings. The Balaban J connectivity index is 4.97. The molecule has 1 atom stereocenters. The molecule has 1 nitrogen and oxygen atoms in total. The van der Waals surface area contributed by atoms with Gasteiger partial charge in [-0.2, -0.15) is 26.3 Å². The van der Waals surface area contributed by atoms with Crippen LogP contribution >= 0.6 is 0 Å². The number of halogens is 6. The third-order valence-corrected chi connectivity index (χ3v) is 2.17. The Morgan fingerprint density at radius 3 is 1.62 bits per heavy atom. The van der Waals surface area contributed by atoms with Crippen LogP contribution in [0.1, 0.15) is 26.7 Å². The molecule has 98 valence electrons. The summed E-state index contributed by atoms with van der Waals surface area (Å²) >= 11 is 0. The van der Waals surface area contributed by atoms with Crippen molar-refractivity contribution in [2.45, 2.75) is 45.1 Å². The van der Waals surface area contributed by atoms with Gasteiger partial charge in [0.25, 0.3) is 0 Å². The maximum atomic E-state index is 12.4. The van der Waals surface area contributed by atoms with Crippen molar-refractivity contribution >= 4 is 0 Å². The van der Waals surface area contributed by atoms with E-state index in [-0.39, 0.29) is 19.4 Å². The van der Waals surface area contributed by atoms with Crippen LogP contribution in [0.25, 0.3) is 0 Å². The molecule has 0 saturated heterocycles. The molecule has 0 aliphatic rings. The molecule has 1 N–H and O–H groups in total. The number of rotatable bonds is 5. The van der Waals surface area contributed by atoms with Gasteiger partial charge < -0.3 is 5.32 Å². The minimum Gasteiger partial charge on any atom is -0.313 e. The Labute approximate surface area is 90.2 Å². The molecule has 1 unspecified atom stereocenters. The van der Waals surface area contributed by atoms with Crippen LogP contribution in [-0.4, -0.2) is 24.9 Å². The lowest BCUT2D eigenvalue weighted by molar-refractivity contribution is -0.292. The summed E-state index contributed by atoms with van der Waals surface area (Å²) in [6, 6.07) is -1.60. The first-order valence-electron chi connectivity index (χ1n) is 5.01. The summed E-state index contributed by atoms with van der Waals surface area (Å²) in [7, 11) is 0. The molecule has 0 amide bonds. The van der Waals surface area contributed by atoms with E-state index in [9.17, 15) is 26.3 Å². The molecule has 0 aromatic heterocycles. The molecule has 0 spiro atoms. The van der Waals surface area contributed by atoms with Gasteiger partial charge in [-0.05, 0) is 13.0 Å². The SMILES string of the molecule is CCCC(NCC)C(C(F)(F)F)C(F)(F)F. The molecule has 0 aromatic carbocycles. The fourth-order valence-electron chi connectivity index (χ4n) is 1.60. The van der Waals surface area contributed by atoms with Crippen LogP contribution in [0.5, 0.6) is 0 Å². The third-order valence-electron chi connectivity index (χ3n) is 2.17. The molecular formula is C9H15F6N. The highest BCUT2D eigenvalue weighted by Crippen LogP contribution is 2.42. The summed E-state index contributed by atoms with van der Waals surface area (Å²) < 4.78 is 74.1. The van der Waals surface area contributed by atoms with Crippen molar-refractivity contribution in [3.05, 3.63) is 0 Å². The molecule has 0 radical (unpaired) electrons. The predicted octanol–water partition coefficient (Wildman–Crippen LogP) is 3.51. The van der Waals surface area contributed by atoms with Crippen molar-refractivity contribution in [3.8, 4) is 0 Å². The Bertz CT molecular complexity index is 177. The van der Waals surface area contributed by atoms with E-state index in [0.29, 0.717) is 0 Å².